The number of sulfonamides is 1. The molecule has 2 rings (SSSR count). The molecule has 0 saturated carbocycles. The quantitative estimate of drug-likeness (QED) is 0.483. The van der Waals surface area contributed by atoms with Crippen molar-refractivity contribution in [1.82, 2.24) is 9.62 Å². The van der Waals surface area contributed by atoms with Crippen LogP contribution >= 0.6 is 0 Å². The van der Waals surface area contributed by atoms with Gasteiger partial charge in [-0.15, -0.1) is 0 Å². The van der Waals surface area contributed by atoms with Crippen LogP contribution in [0, 0.1) is 10.1 Å². The number of nitro benzene ring substituents is 1. The fraction of sp³-hybridized carbons (Fsp3) is 0.684. The van der Waals surface area contributed by atoms with Crippen molar-refractivity contribution in [2.24, 2.45) is 0 Å². The minimum absolute atomic E-state index is 0.116. The van der Waals surface area contributed by atoms with Crippen LogP contribution in [0.3, 0.4) is 0 Å². The Morgan fingerprint density at radius 2 is 1.86 bits per heavy atom. The second kappa shape index (κ2) is 8.95. The molecule has 0 aliphatic carbocycles. The van der Waals surface area contributed by atoms with Crippen molar-refractivity contribution in [2.75, 3.05) is 25.0 Å². The molecule has 0 radical (unpaired) electrons. The zero-order chi connectivity index (χ0) is 22.0. The molecule has 0 bridgehead atoms. The fourth-order valence-electron chi connectivity index (χ4n) is 3.45. The number of morpholine rings is 1. The molecule has 0 spiro atoms. The molecule has 1 saturated heterocycles. The van der Waals surface area contributed by atoms with Crippen molar-refractivity contribution in [3.8, 4) is 0 Å². The van der Waals surface area contributed by atoms with Crippen LogP contribution in [0.2, 0.25) is 0 Å². The van der Waals surface area contributed by atoms with Gasteiger partial charge in [0.05, 0.1) is 22.0 Å². The Hall–Kier alpha value is -1.75. The molecular weight excluding hydrogens is 396 g/mol. The second-order valence-electron chi connectivity index (χ2n) is 8.54. The van der Waals surface area contributed by atoms with Gasteiger partial charge in [0.25, 0.3) is 5.69 Å². The van der Waals surface area contributed by atoms with E-state index in [1.165, 1.54) is 12.1 Å². The van der Waals surface area contributed by atoms with Gasteiger partial charge in [0, 0.05) is 37.3 Å². The van der Waals surface area contributed by atoms with Crippen LogP contribution in [0.5, 0.6) is 0 Å². The maximum atomic E-state index is 12.3. The van der Waals surface area contributed by atoms with E-state index in [1.807, 2.05) is 13.8 Å². The van der Waals surface area contributed by atoms with E-state index in [1.54, 1.807) is 13.8 Å². The van der Waals surface area contributed by atoms with Crippen LogP contribution in [-0.4, -0.2) is 61.7 Å². The summed E-state index contributed by atoms with van der Waals surface area (Å²) >= 11 is 0. The first-order chi connectivity index (χ1) is 13.3. The van der Waals surface area contributed by atoms with Crippen molar-refractivity contribution in [2.45, 2.75) is 70.2 Å². The van der Waals surface area contributed by atoms with Gasteiger partial charge in [0.15, 0.2) is 0 Å². The third-order valence-corrected chi connectivity index (χ3v) is 6.51. The van der Waals surface area contributed by atoms with Crippen LogP contribution in [0.25, 0.3) is 0 Å². The summed E-state index contributed by atoms with van der Waals surface area (Å²) in [5, 5.41) is 14.7. The minimum atomic E-state index is -3.81. The van der Waals surface area contributed by atoms with Gasteiger partial charge in [0.2, 0.25) is 10.0 Å². The van der Waals surface area contributed by atoms with E-state index < -0.39 is 14.9 Å². The predicted octanol–water partition coefficient (Wildman–Crippen LogP) is 2.58. The summed E-state index contributed by atoms with van der Waals surface area (Å²) in [5.41, 5.74) is -0.249. The van der Waals surface area contributed by atoms with E-state index >= 15 is 0 Å². The highest BCUT2D eigenvalue weighted by Crippen LogP contribution is 2.29. The molecule has 1 aliphatic rings. The monoisotopic (exact) mass is 428 g/mol. The highest BCUT2D eigenvalue weighted by atomic mass is 32.2. The number of hydrogen-bond donors (Lipinski definition) is 2. The van der Waals surface area contributed by atoms with Crippen LogP contribution in [0.15, 0.2) is 23.1 Å². The molecule has 0 unspecified atom stereocenters. The SMILES string of the molecule is CC(C)NS(=O)(=O)c1ccc(NCC(C)(C)N2C[C@@H](C)O[C@@H](C)C2)c([N+](=O)[O-])c1. The van der Waals surface area contributed by atoms with E-state index in [9.17, 15) is 18.5 Å². The molecule has 29 heavy (non-hydrogen) atoms. The maximum Gasteiger partial charge on any atom is 0.293 e. The molecule has 2 atom stereocenters. The number of nitrogens with one attached hydrogen (secondary N) is 2. The standard InChI is InChI=1S/C19H32N4O5S/c1-13(2)21-29(26,27)16-7-8-17(18(9-16)23(24)25)20-12-19(5,6)22-10-14(3)28-15(4)11-22/h7-9,13-15,20-21H,10-12H2,1-6H3/t14-,15+. The summed E-state index contributed by atoms with van der Waals surface area (Å²) in [6, 6.07) is 3.62. The Balaban J connectivity index is 2.21. The molecular formula is C19H32N4O5S. The van der Waals surface area contributed by atoms with Gasteiger partial charge in [-0.3, -0.25) is 15.0 Å². The second-order valence-corrected chi connectivity index (χ2v) is 10.3. The summed E-state index contributed by atoms with van der Waals surface area (Å²) in [6.45, 7) is 13.6. The van der Waals surface area contributed by atoms with Crippen molar-refractivity contribution < 1.29 is 18.1 Å². The number of rotatable bonds is 8. The molecule has 1 aromatic carbocycles. The first-order valence-electron chi connectivity index (χ1n) is 9.77. The van der Waals surface area contributed by atoms with Crippen LogP contribution in [0.4, 0.5) is 11.4 Å². The van der Waals surface area contributed by atoms with Gasteiger partial charge in [0.1, 0.15) is 5.69 Å². The number of benzene rings is 1. The zero-order valence-electron chi connectivity index (χ0n) is 17.9. The summed E-state index contributed by atoms with van der Waals surface area (Å²) in [6.07, 6.45) is 0.232. The number of nitro groups is 1. The number of hydrogen-bond acceptors (Lipinski definition) is 7. The van der Waals surface area contributed by atoms with Crippen molar-refractivity contribution in [3.05, 3.63) is 28.3 Å². The molecule has 1 heterocycles. The van der Waals surface area contributed by atoms with Crippen molar-refractivity contribution in [1.29, 1.82) is 0 Å². The highest BCUT2D eigenvalue weighted by Gasteiger charge is 2.33. The zero-order valence-corrected chi connectivity index (χ0v) is 18.7. The van der Waals surface area contributed by atoms with Crippen molar-refractivity contribution in [3.63, 3.8) is 0 Å². The maximum absolute atomic E-state index is 12.3. The lowest BCUT2D eigenvalue weighted by Crippen LogP contribution is -2.57. The average molecular weight is 429 g/mol. The molecule has 9 nitrogen and oxygen atoms in total. The van der Waals surface area contributed by atoms with Gasteiger partial charge >= 0.3 is 0 Å². The summed E-state index contributed by atoms with van der Waals surface area (Å²) in [5.74, 6) is 0. The minimum Gasteiger partial charge on any atom is -0.378 e. The van der Waals surface area contributed by atoms with Gasteiger partial charge < -0.3 is 10.1 Å². The van der Waals surface area contributed by atoms with Gasteiger partial charge in [-0.1, -0.05) is 0 Å². The lowest BCUT2D eigenvalue weighted by atomic mass is 10.00. The van der Waals surface area contributed by atoms with E-state index in [-0.39, 0.29) is 34.4 Å². The normalized spacial score (nSPS) is 21.3. The first-order valence-corrected chi connectivity index (χ1v) is 11.3. The van der Waals surface area contributed by atoms with Crippen LogP contribution in [0.1, 0.15) is 41.5 Å². The molecule has 10 heteroatoms. The largest absolute Gasteiger partial charge is 0.378 e. The topological polar surface area (TPSA) is 114 Å². The van der Waals surface area contributed by atoms with E-state index in [0.29, 0.717) is 12.2 Å². The summed E-state index contributed by atoms with van der Waals surface area (Å²) in [7, 11) is -3.81. The molecule has 1 aliphatic heterocycles. The van der Waals surface area contributed by atoms with Gasteiger partial charge in [-0.2, -0.15) is 0 Å². The number of nitrogens with zero attached hydrogens (tertiary/aromatic N) is 2. The predicted molar refractivity (Wildman–Crippen MR) is 113 cm³/mol. The van der Waals surface area contributed by atoms with Crippen LogP contribution in [-0.2, 0) is 14.8 Å². The Morgan fingerprint density at radius 3 is 2.38 bits per heavy atom. The van der Waals surface area contributed by atoms with Gasteiger partial charge in [-0.25, -0.2) is 13.1 Å². The molecule has 164 valence electrons. The van der Waals surface area contributed by atoms with Gasteiger partial charge in [-0.05, 0) is 53.7 Å². The molecule has 1 aromatic rings. The third kappa shape index (κ3) is 6.11. The summed E-state index contributed by atoms with van der Waals surface area (Å²) < 4.78 is 32.9. The number of ether oxygens (including phenoxy) is 1. The molecule has 2 N–H and O–H groups in total. The Kier molecular flexibility index (Phi) is 7.26. The lowest BCUT2D eigenvalue weighted by Gasteiger charge is -2.45. The smallest absolute Gasteiger partial charge is 0.293 e. The Labute approximate surface area is 173 Å². The number of anilines is 1. The molecule has 0 amide bonds. The summed E-state index contributed by atoms with van der Waals surface area (Å²) in [4.78, 5) is 13.2. The first kappa shape index (κ1) is 23.5. The van der Waals surface area contributed by atoms with E-state index in [4.69, 9.17) is 4.74 Å². The van der Waals surface area contributed by atoms with Crippen molar-refractivity contribution >= 4 is 21.4 Å². The molecule has 1 fully saturated rings. The lowest BCUT2D eigenvalue weighted by molar-refractivity contribution is -0.384. The Morgan fingerprint density at radius 1 is 1.28 bits per heavy atom. The van der Waals surface area contributed by atoms with E-state index in [0.717, 1.165) is 19.2 Å². The van der Waals surface area contributed by atoms with Crippen LogP contribution < -0.4 is 10.0 Å². The van der Waals surface area contributed by atoms with E-state index in [2.05, 4.69) is 28.8 Å². The third-order valence-electron chi connectivity index (χ3n) is 4.85. The fourth-order valence-corrected chi connectivity index (χ4v) is 4.72. The average Bonchev–Trinajstić information content (AvgIpc) is 2.57. The highest BCUT2D eigenvalue weighted by molar-refractivity contribution is 7.89. The molecule has 0 aromatic heterocycles. The Bertz CT molecular complexity index is 831.